The van der Waals surface area contributed by atoms with E-state index in [0.29, 0.717) is 11.8 Å². The molecule has 0 saturated heterocycles. The van der Waals surface area contributed by atoms with Crippen LogP contribution in [0.2, 0.25) is 0 Å². The molecule has 0 aliphatic heterocycles. The van der Waals surface area contributed by atoms with Gasteiger partial charge < -0.3 is 10.6 Å². The Morgan fingerprint density at radius 1 is 0.815 bits per heavy atom. The van der Waals surface area contributed by atoms with Gasteiger partial charge in [-0.3, -0.25) is 14.6 Å². The van der Waals surface area contributed by atoms with Crippen molar-refractivity contribution in [3.8, 4) is 0 Å². The molecule has 5 nitrogen and oxygen atoms in total. The predicted octanol–water partition coefficient (Wildman–Crippen LogP) is 4.00. The largest absolute Gasteiger partial charge is 0.321 e. The summed E-state index contributed by atoms with van der Waals surface area (Å²) in [5.74, 6) is -5.93. The topological polar surface area (TPSA) is 71.1 Å². The molecule has 2 amide bonds. The van der Waals surface area contributed by atoms with Gasteiger partial charge in [0.25, 0.3) is 11.8 Å². The zero-order chi connectivity index (χ0) is 19.4. The first-order valence-electron chi connectivity index (χ1n) is 7.73. The minimum atomic E-state index is -1.69. The van der Waals surface area contributed by atoms with Crippen LogP contribution >= 0.6 is 0 Å². The first kappa shape index (κ1) is 18.1. The van der Waals surface area contributed by atoms with Crippen LogP contribution in [0.1, 0.15) is 20.8 Å². The van der Waals surface area contributed by atoms with Crippen molar-refractivity contribution >= 4 is 23.2 Å². The van der Waals surface area contributed by atoms with Gasteiger partial charge in [0.15, 0.2) is 17.5 Å². The number of anilines is 2. The highest BCUT2D eigenvalue weighted by Gasteiger charge is 2.17. The first-order chi connectivity index (χ1) is 13.0. The molecule has 0 saturated carbocycles. The van der Waals surface area contributed by atoms with Gasteiger partial charge >= 0.3 is 0 Å². The van der Waals surface area contributed by atoms with Gasteiger partial charge in [0.2, 0.25) is 0 Å². The number of nitrogens with one attached hydrogen (secondary N) is 2. The number of para-hydroxylation sites is 1. The Balaban J connectivity index is 1.78. The number of hydrogen-bond donors (Lipinski definition) is 2. The normalized spacial score (nSPS) is 10.3. The Bertz CT molecular complexity index is 1010. The maximum Gasteiger partial charge on any atom is 0.274 e. The highest BCUT2D eigenvalue weighted by molar-refractivity contribution is 6.07. The Morgan fingerprint density at radius 2 is 1.56 bits per heavy atom. The van der Waals surface area contributed by atoms with E-state index in [1.807, 2.05) is 0 Å². The van der Waals surface area contributed by atoms with Crippen LogP contribution in [0.25, 0.3) is 0 Å². The summed E-state index contributed by atoms with van der Waals surface area (Å²) in [6.45, 7) is 0. The predicted molar refractivity (Wildman–Crippen MR) is 92.9 cm³/mol. The zero-order valence-electron chi connectivity index (χ0n) is 13.7. The monoisotopic (exact) mass is 371 g/mol. The number of aromatic nitrogens is 1. The molecule has 0 aliphatic rings. The second-order valence-electron chi connectivity index (χ2n) is 5.43. The van der Waals surface area contributed by atoms with E-state index in [0.717, 1.165) is 6.07 Å². The minimum Gasteiger partial charge on any atom is -0.321 e. The molecule has 0 atom stereocenters. The molecule has 3 rings (SSSR count). The molecule has 0 spiro atoms. The van der Waals surface area contributed by atoms with Crippen LogP contribution in [0.4, 0.5) is 24.5 Å². The highest BCUT2D eigenvalue weighted by atomic mass is 19.2. The maximum atomic E-state index is 13.7. The van der Waals surface area contributed by atoms with Crippen LogP contribution in [0.15, 0.2) is 60.8 Å². The average Bonchev–Trinajstić information content (AvgIpc) is 2.69. The Morgan fingerprint density at radius 3 is 2.30 bits per heavy atom. The van der Waals surface area contributed by atoms with Gasteiger partial charge in [-0.05, 0) is 36.4 Å². The summed E-state index contributed by atoms with van der Waals surface area (Å²) in [5, 5.41) is 4.74. The number of carbonyl (C=O) groups excluding carboxylic acids is 2. The van der Waals surface area contributed by atoms with E-state index in [-0.39, 0.29) is 11.3 Å². The maximum absolute atomic E-state index is 13.7. The second-order valence-corrected chi connectivity index (χ2v) is 5.43. The lowest BCUT2D eigenvalue weighted by atomic mass is 10.2. The molecular formula is C19H12F3N3O2. The van der Waals surface area contributed by atoms with Crippen LogP contribution in [-0.4, -0.2) is 16.8 Å². The quantitative estimate of drug-likeness (QED) is 0.681. The molecule has 2 N–H and O–H groups in total. The second kappa shape index (κ2) is 7.69. The van der Waals surface area contributed by atoms with Crippen molar-refractivity contribution in [2.45, 2.75) is 0 Å². The van der Waals surface area contributed by atoms with Gasteiger partial charge in [0.1, 0.15) is 5.69 Å². The summed E-state index contributed by atoms with van der Waals surface area (Å²) >= 11 is 0. The fourth-order valence-electron chi connectivity index (χ4n) is 2.23. The van der Waals surface area contributed by atoms with E-state index in [4.69, 9.17) is 0 Å². The number of nitrogens with zero attached hydrogens (tertiary/aromatic N) is 1. The lowest BCUT2D eigenvalue weighted by Crippen LogP contribution is -2.17. The summed E-state index contributed by atoms with van der Waals surface area (Å²) in [6, 6.07) is 12.7. The van der Waals surface area contributed by atoms with Gasteiger partial charge in [-0.2, -0.15) is 0 Å². The molecule has 0 fully saturated rings. The minimum absolute atomic E-state index is 0.00709. The molecule has 3 aromatic rings. The SMILES string of the molecule is O=C(Nc1ccc(F)c(F)c1F)c1ccnc(C(=O)Nc2ccccc2)c1. The number of pyridine rings is 1. The van der Waals surface area contributed by atoms with Crippen molar-refractivity contribution in [3.63, 3.8) is 0 Å². The third-order valence-corrected chi connectivity index (χ3v) is 3.57. The van der Waals surface area contributed by atoms with Crippen LogP contribution in [-0.2, 0) is 0 Å². The van der Waals surface area contributed by atoms with Gasteiger partial charge in [0, 0.05) is 17.4 Å². The molecule has 136 valence electrons. The summed E-state index contributed by atoms with van der Waals surface area (Å²) in [5.41, 5.74) is -0.0291. The Hall–Kier alpha value is -3.68. The molecule has 2 aromatic carbocycles. The van der Waals surface area contributed by atoms with E-state index in [9.17, 15) is 22.8 Å². The van der Waals surface area contributed by atoms with E-state index >= 15 is 0 Å². The van der Waals surface area contributed by atoms with Crippen molar-refractivity contribution in [2.24, 2.45) is 0 Å². The highest BCUT2D eigenvalue weighted by Crippen LogP contribution is 2.20. The summed E-state index contributed by atoms with van der Waals surface area (Å²) in [7, 11) is 0. The summed E-state index contributed by atoms with van der Waals surface area (Å²) < 4.78 is 39.9. The molecule has 1 aromatic heterocycles. The van der Waals surface area contributed by atoms with Crippen LogP contribution < -0.4 is 10.6 Å². The van der Waals surface area contributed by atoms with Gasteiger partial charge in [-0.1, -0.05) is 18.2 Å². The Labute approximate surface area is 151 Å². The smallest absolute Gasteiger partial charge is 0.274 e. The van der Waals surface area contributed by atoms with Gasteiger partial charge in [-0.25, -0.2) is 13.2 Å². The summed E-state index contributed by atoms with van der Waals surface area (Å²) in [4.78, 5) is 28.4. The molecule has 0 unspecified atom stereocenters. The number of carbonyl (C=O) groups is 2. The van der Waals surface area contributed by atoms with E-state index in [1.54, 1.807) is 30.3 Å². The fourth-order valence-corrected chi connectivity index (χ4v) is 2.23. The summed E-state index contributed by atoms with van der Waals surface area (Å²) in [6.07, 6.45) is 1.23. The van der Waals surface area contributed by atoms with Crippen LogP contribution in [0, 0.1) is 17.5 Å². The molecule has 1 heterocycles. The standard InChI is InChI=1S/C19H12F3N3O2/c20-13-6-7-14(17(22)16(13)21)25-18(26)11-8-9-23-15(10-11)19(27)24-12-4-2-1-3-5-12/h1-10H,(H,24,27)(H,25,26). The third-order valence-electron chi connectivity index (χ3n) is 3.57. The molecule has 8 heteroatoms. The van der Waals surface area contributed by atoms with Crippen molar-refractivity contribution in [1.29, 1.82) is 0 Å². The van der Waals surface area contributed by atoms with Crippen LogP contribution in [0.3, 0.4) is 0 Å². The lowest BCUT2D eigenvalue weighted by Gasteiger charge is -2.09. The fraction of sp³-hybridized carbons (Fsp3) is 0. The van der Waals surface area contributed by atoms with Crippen molar-refractivity contribution < 1.29 is 22.8 Å². The van der Waals surface area contributed by atoms with Crippen LogP contribution in [0.5, 0.6) is 0 Å². The zero-order valence-corrected chi connectivity index (χ0v) is 13.7. The average molecular weight is 371 g/mol. The van der Waals surface area contributed by atoms with Crippen molar-refractivity contribution in [2.75, 3.05) is 10.6 Å². The van der Waals surface area contributed by atoms with Gasteiger partial charge in [-0.15, -0.1) is 0 Å². The number of amides is 2. The molecule has 0 bridgehead atoms. The number of halogens is 3. The molecule has 0 radical (unpaired) electrons. The molecule has 27 heavy (non-hydrogen) atoms. The lowest BCUT2D eigenvalue weighted by molar-refractivity contribution is 0.102. The molecule has 0 aliphatic carbocycles. The first-order valence-corrected chi connectivity index (χ1v) is 7.73. The van der Waals surface area contributed by atoms with Crippen molar-refractivity contribution in [3.05, 3.63) is 89.5 Å². The van der Waals surface area contributed by atoms with E-state index in [1.165, 1.54) is 18.3 Å². The third kappa shape index (κ3) is 4.12. The van der Waals surface area contributed by atoms with E-state index in [2.05, 4.69) is 15.6 Å². The number of benzene rings is 2. The molecular weight excluding hydrogens is 359 g/mol. The Kier molecular flexibility index (Phi) is 5.16. The number of hydrogen-bond acceptors (Lipinski definition) is 3. The van der Waals surface area contributed by atoms with E-state index < -0.39 is 35.0 Å². The van der Waals surface area contributed by atoms with Crippen molar-refractivity contribution in [1.82, 2.24) is 4.98 Å². The van der Waals surface area contributed by atoms with Gasteiger partial charge in [0.05, 0.1) is 5.69 Å². The number of rotatable bonds is 4.